The molecule has 7 heteroatoms. The summed E-state index contributed by atoms with van der Waals surface area (Å²) in [4.78, 5) is 33.0. The smallest absolute Gasteiger partial charge is 0.303 e. The Morgan fingerprint density at radius 3 is 1.41 bits per heavy atom. The molecule has 0 amide bonds. The zero-order valence-corrected chi connectivity index (χ0v) is 23.6. The van der Waals surface area contributed by atoms with Crippen molar-refractivity contribution in [1.29, 1.82) is 0 Å². The van der Waals surface area contributed by atoms with E-state index < -0.39 is 17.9 Å². The Bertz CT molecular complexity index is 569. The van der Waals surface area contributed by atoms with Crippen molar-refractivity contribution >= 4 is 17.9 Å². The number of carboxylic acid groups (broad SMARTS) is 3. The van der Waals surface area contributed by atoms with E-state index in [1.165, 1.54) is 77.0 Å². The molecule has 0 aliphatic heterocycles. The van der Waals surface area contributed by atoms with Gasteiger partial charge in [0.05, 0.1) is 39.0 Å². The monoisotopic (exact) mass is 525 g/mol. The third-order valence-electron chi connectivity index (χ3n) is 7.22. The summed E-state index contributed by atoms with van der Waals surface area (Å²) in [7, 11) is 0. The molecule has 0 heterocycles. The van der Waals surface area contributed by atoms with Crippen LogP contribution in [0.3, 0.4) is 0 Å². The Labute approximate surface area is 225 Å². The number of carbonyl (C=O) groups excluding carboxylic acids is 1. The summed E-state index contributed by atoms with van der Waals surface area (Å²) >= 11 is 0. The Kier molecular flexibility index (Phi) is 23.2. The molecule has 0 saturated heterocycles. The van der Waals surface area contributed by atoms with E-state index in [4.69, 9.17) is 10.2 Å². The predicted molar refractivity (Wildman–Crippen MR) is 147 cm³/mol. The van der Waals surface area contributed by atoms with Crippen molar-refractivity contribution < 1.29 is 34.2 Å². The first-order valence-corrected chi connectivity index (χ1v) is 14.9. The van der Waals surface area contributed by atoms with Gasteiger partial charge in [0.25, 0.3) is 0 Å². The molecule has 0 aromatic carbocycles. The van der Waals surface area contributed by atoms with E-state index in [2.05, 4.69) is 19.1 Å². The molecule has 0 spiro atoms. The first kappa shape index (κ1) is 35.1. The summed E-state index contributed by atoms with van der Waals surface area (Å²) in [6.07, 6.45) is 23.9. The lowest BCUT2D eigenvalue weighted by Crippen LogP contribution is -2.51. The summed E-state index contributed by atoms with van der Waals surface area (Å²) in [6.45, 7) is 4.85. The van der Waals surface area contributed by atoms with Crippen LogP contribution in [0.25, 0.3) is 0 Å². The fourth-order valence-electron chi connectivity index (χ4n) is 5.05. The predicted octanol–water partition coefficient (Wildman–Crippen LogP) is 6.10. The molecule has 0 radical (unpaired) electrons. The normalized spacial score (nSPS) is 11.8. The Hall–Kier alpha value is -1.89. The van der Waals surface area contributed by atoms with E-state index in [9.17, 15) is 19.5 Å². The summed E-state index contributed by atoms with van der Waals surface area (Å²) in [5.41, 5.74) is 0. The van der Waals surface area contributed by atoms with Gasteiger partial charge in [-0.15, -0.1) is 0 Å². The van der Waals surface area contributed by atoms with Gasteiger partial charge in [0.15, 0.2) is 0 Å². The number of allylic oxidation sites excluding steroid dienone is 1. The molecule has 0 rings (SSSR count). The fraction of sp³-hybridized carbons (Fsp3) is 0.833. The van der Waals surface area contributed by atoms with E-state index in [1.807, 2.05) is 0 Å². The van der Waals surface area contributed by atoms with Crippen LogP contribution in [0.4, 0.5) is 0 Å². The van der Waals surface area contributed by atoms with E-state index in [-0.39, 0.29) is 19.3 Å². The summed E-state index contributed by atoms with van der Waals surface area (Å²) in [5.74, 6) is -2.78. The van der Waals surface area contributed by atoms with Crippen LogP contribution in [0.5, 0.6) is 0 Å². The van der Waals surface area contributed by atoms with Gasteiger partial charge in [-0.2, -0.15) is 0 Å². The SMILES string of the molecule is CCCCCCCCCCCCCC/C=C/CC[N+](CCCC(=O)[O-])(CCCC(=O)O)CCCC(=O)O. The lowest BCUT2D eigenvalue weighted by atomic mass is 10.0. The first-order valence-electron chi connectivity index (χ1n) is 14.9. The number of carbonyl (C=O) groups is 3. The number of rotatable bonds is 28. The number of quaternary nitrogens is 1. The molecule has 0 fully saturated rings. The quantitative estimate of drug-likeness (QED) is 0.0724. The molecule has 0 saturated carbocycles. The minimum Gasteiger partial charge on any atom is -0.550 e. The van der Waals surface area contributed by atoms with Gasteiger partial charge in [0.2, 0.25) is 0 Å². The number of aliphatic carboxylic acids is 3. The van der Waals surface area contributed by atoms with Crippen LogP contribution in [0.1, 0.15) is 135 Å². The molecule has 0 aliphatic carbocycles. The maximum atomic E-state index is 11.0. The van der Waals surface area contributed by atoms with Crippen molar-refractivity contribution in [3.63, 3.8) is 0 Å². The van der Waals surface area contributed by atoms with Crippen molar-refractivity contribution in [3.8, 4) is 0 Å². The molecule has 0 aromatic heterocycles. The molecular weight excluding hydrogens is 470 g/mol. The van der Waals surface area contributed by atoms with Gasteiger partial charge >= 0.3 is 11.9 Å². The highest BCUT2D eigenvalue weighted by atomic mass is 16.4. The van der Waals surface area contributed by atoms with E-state index in [0.29, 0.717) is 43.4 Å². The highest BCUT2D eigenvalue weighted by molar-refractivity contribution is 5.66. The zero-order chi connectivity index (χ0) is 27.6. The molecule has 216 valence electrons. The molecule has 2 N–H and O–H groups in total. The van der Waals surface area contributed by atoms with Crippen LogP contribution < -0.4 is 5.11 Å². The zero-order valence-electron chi connectivity index (χ0n) is 23.6. The second-order valence-electron chi connectivity index (χ2n) is 10.6. The number of nitrogens with zero attached hydrogens (tertiary/aromatic N) is 1. The average Bonchev–Trinajstić information content (AvgIpc) is 2.83. The lowest BCUT2D eigenvalue weighted by molar-refractivity contribution is -0.928. The number of unbranched alkanes of at least 4 members (excludes halogenated alkanes) is 12. The van der Waals surface area contributed by atoms with Gasteiger partial charge in [0.1, 0.15) is 0 Å². The average molecular weight is 526 g/mol. The van der Waals surface area contributed by atoms with Crippen LogP contribution in [-0.4, -0.2) is 58.8 Å². The van der Waals surface area contributed by atoms with E-state index in [1.54, 1.807) is 0 Å². The summed E-state index contributed by atoms with van der Waals surface area (Å²) < 4.78 is 0.566. The number of hydrogen-bond acceptors (Lipinski definition) is 4. The second-order valence-corrected chi connectivity index (χ2v) is 10.6. The van der Waals surface area contributed by atoms with Gasteiger partial charge in [0, 0.05) is 31.7 Å². The summed E-state index contributed by atoms with van der Waals surface area (Å²) in [6, 6.07) is 0. The number of hydrogen-bond donors (Lipinski definition) is 2. The maximum absolute atomic E-state index is 11.0. The molecule has 7 nitrogen and oxygen atoms in total. The minimum absolute atomic E-state index is 0.0351. The van der Waals surface area contributed by atoms with Crippen LogP contribution in [-0.2, 0) is 14.4 Å². The first-order chi connectivity index (χ1) is 17.8. The van der Waals surface area contributed by atoms with Gasteiger partial charge in [-0.05, 0) is 19.3 Å². The van der Waals surface area contributed by atoms with Gasteiger partial charge in [-0.1, -0.05) is 89.7 Å². The molecule has 0 aliphatic rings. The molecule has 0 unspecified atom stereocenters. The molecule has 0 bridgehead atoms. The van der Waals surface area contributed by atoms with Crippen molar-refractivity contribution in [3.05, 3.63) is 12.2 Å². The lowest BCUT2D eigenvalue weighted by Gasteiger charge is -2.39. The fourth-order valence-corrected chi connectivity index (χ4v) is 5.05. The van der Waals surface area contributed by atoms with E-state index in [0.717, 1.165) is 19.4 Å². The molecule has 0 aromatic rings. The van der Waals surface area contributed by atoms with Crippen LogP contribution in [0.2, 0.25) is 0 Å². The van der Waals surface area contributed by atoms with Crippen molar-refractivity contribution in [2.24, 2.45) is 0 Å². The Morgan fingerprint density at radius 1 is 0.568 bits per heavy atom. The largest absolute Gasteiger partial charge is 0.550 e. The topological polar surface area (TPSA) is 115 Å². The highest BCUT2D eigenvalue weighted by Crippen LogP contribution is 2.17. The van der Waals surface area contributed by atoms with Crippen LogP contribution >= 0.6 is 0 Å². The standard InChI is InChI=1S/C30H55NO6/c1-2-3-4-5-6-7-8-9-10-11-12-13-14-15-16-17-24-31(25-18-21-28(32)33,26-19-22-29(34)35)27-20-23-30(36)37/h15-16H,2-14,17-27H2,1H3,(H2-,32,33,34,35,36,37)/b16-15+. The Morgan fingerprint density at radius 2 is 0.973 bits per heavy atom. The van der Waals surface area contributed by atoms with Gasteiger partial charge < -0.3 is 24.6 Å². The number of carboxylic acids is 3. The molecular formula is C30H55NO6. The van der Waals surface area contributed by atoms with Crippen molar-refractivity contribution in [2.45, 2.75) is 135 Å². The second kappa shape index (κ2) is 24.4. The minimum atomic E-state index is -1.09. The summed E-state index contributed by atoms with van der Waals surface area (Å²) in [5, 5.41) is 29.0. The third-order valence-corrected chi connectivity index (χ3v) is 7.22. The van der Waals surface area contributed by atoms with Crippen molar-refractivity contribution in [2.75, 3.05) is 26.2 Å². The van der Waals surface area contributed by atoms with Crippen LogP contribution in [0.15, 0.2) is 12.2 Å². The molecule has 37 heavy (non-hydrogen) atoms. The third kappa shape index (κ3) is 24.2. The molecule has 0 atom stereocenters. The van der Waals surface area contributed by atoms with Crippen molar-refractivity contribution in [1.82, 2.24) is 0 Å². The van der Waals surface area contributed by atoms with Gasteiger partial charge in [-0.3, -0.25) is 9.59 Å². The highest BCUT2D eigenvalue weighted by Gasteiger charge is 2.26. The van der Waals surface area contributed by atoms with E-state index >= 15 is 0 Å². The maximum Gasteiger partial charge on any atom is 0.303 e. The Balaban J connectivity index is 4.35. The van der Waals surface area contributed by atoms with Gasteiger partial charge in [-0.25, -0.2) is 0 Å². The van der Waals surface area contributed by atoms with Crippen LogP contribution in [0, 0.1) is 0 Å².